The van der Waals surface area contributed by atoms with Gasteiger partial charge >= 0.3 is 0 Å². The first kappa shape index (κ1) is 14.5. The number of carbonyl (C=O) groups excluding carboxylic acids is 2. The fourth-order valence-electron chi connectivity index (χ4n) is 2.26. The van der Waals surface area contributed by atoms with Crippen molar-refractivity contribution in [2.75, 3.05) is 13.2 Å². The molecule has 1 aliphatic heterocycles. The second-order valence-corrected chi connectivity index (χ2v) is 5.04. The molecule has 2 N–H and O–H groups in total. The molecule has 0 aliphatic carbocycles. The Bertz CT molecular complexity index is 502. The lowest BCUT2D eigenvalue weighted by molar-refractivity contribution is -0.139. The van der Waals surface area contributed by atoms with E-state index in [-0.39, 0.29) is 17.7 Å². The van der Waals surface area contributed by atoms with Crippen LogP contribution in [0.5, 0.6) is 5.75 Å². The summed E-state index contributed by atoms with van der Waals surface area (Å²) in [7, 11) is 0. The van der Waals surface area contributed by atoms with Gasteiger partial charge < -0.3 is 10.5 Å². The van der Waals surface area contributed by atoms with Gasteiger partial charge in [-0.15, -0.1) is 0 Å². The van der Waals surface area contributed by atoms with Crippen molar-refractivity contribution in [3.63, 3.8) is 0 Å². The molecule has 108 valence electrons. The number of hydrogen-bond acceptors (Lipinski definition) is 4. The summed E-state index contributed by atoms with van der Waals surface area (Å²) in [6.07, 6.45) is 0.968. The van der Waals surface area contributed by atoms with Gasteiger partial charge in [0.2, 0.25) is 11.8 Å². The van der Waals surface area contributed by atoms with Gasteiger partial charge in [0.25, 0.3) is 0 Å². The number of imide groups is 1. The third-order valence-electron chi connectivity index (χ3n) is 3.40. The van der Waals surface area contributed by atoms with Crippen molar-refractivity contribution in [2.45, 2.75) is 26.3 Å². The third kappa shape index (κ3) is 3.36. The zero-order chi connectivity index (χ0) is 14.5. The van der Waals surface area contributed by atoms with Crippen molar-refractivity contribution in [1.29, 1.82) is 0 Å². The minimum Gasteiger partial charge on any atom is -0.494 e. The van der Waals surface area contributed by atoms with E-state index >= 15 is 0 Å². The highest BCUT2D eigenvalue weighted by atomic mass is 16.5. The topological polar surface area (TPSA) is 72.6 Å². The summed E-state index contributed by atoms with van der Waals surface area (Å²) < 4.78 is 5.60. The van der Waals surface area contributed by atoms with Crippen molar-refractivity contribution >= 4 is 11.8 Å². The van der Waals surface area contributed by atoms with E-state index in [9.17, 15) is 9.59 Å². The van der Waals surface area contributed by atoms with Crippen LogP contribution < -0.4 is 10.5 Å². The maximum absolute atomic E-state index is 11.7. The molecule has 1 heterocycles. The molecule has 0 aromatic heterocycles. The molecule has 0 bridgehead atoms. The van der Waals surface area contributed by atoms with Gasteiger partial charge in [0, 0.05) is 25.4 Å². The molecule has 5 nitrogen and oxygen atoms in total. The molecule has 0 radical (unpaired) electrons. The second-order valence-electron chi connectivity index (χ2n) is 5.04. The lowest BCUT2D eigenvalue weighted by Gasteiger charge is -2.14. The number of nitrogens with two attached hydrogens (primary N) is 1. The van der Waals surface area contributed by atoms with Crippen molar-refractivity contribution in [3.05, 3.63) is 29.8 Å². The summed E-state index contributed by atoms with van der Waals surface area (Å²) in [5, 5.41) is 0. The van der Waals surface area contributed by atoms with Crippen LogP contribution in [0.1, 0.15) is 25.3 Å². The first-order valence-corrected chi connectivity index (χ1v) is 6.88. The largest absolute Gasteiger partial charge is 0.494 e. The molecule has 5 heteroatoms. The molecule has 1 unspecified atom stereocenters. The quantitative estimate of drug-likeness (QED) is 0.628. The van der Waals surface area contributed by atoms with Crippen LogP contribution >= 0.6 is 0 Å². The lowest BCUT2D eigenvalue weighted by atomic mass is 10.1. The van der Waals surface area contributed by atoms with Crippen LogP contribution in [-0.4, -0.2) is 29.9 Å². The van der Waals surface area contributed by atoms with Gasteiger partial charge in [-0.3, -0.25) is 14.5 Å². The zero-order valence-electron chi connectivity index (χ0n) is 11.7. The Morgan fingerprint density at radius 2 is 2.20 bits per heavy atom. The number of carbonyl (C=O) groups is 2. The van der Waals surface area contributed by atoms with E-state index in [1.807, 2.05) is 24.3 Å². The van der Waals surface area contributed by atoms with Crippen LogP contribution in [-0.2, 0) is 16.1 Å². The normalized spacial score (nSPS) is 18.7. The highest BCUT2D eigenvalue weighted by molar-refractivity contribution is 6.03. The van der Waals surface area contributed by atoms with Crippen LogP contribution in [0.3, 0.4) is 0 Å². The second kappa shape index (κ2) is 6.52. The van der Waals surface area contributed by atoms with E-state index in [2.05, 4.69) is 0 Å². The Morgan fingerprint density at radius 1 is 1.40 bits per heavy atom. The lowest BCUT2D eigenvalue weighted by Crippen LogP contribution is -2.32. The highest BCUT2D eigenvalue weighted by Gasteiger charge is 2.34. The number of amides is 2. The molecule has 1 saturated heterocycles. The van der Waals surface area contributed by atoms with Crippen molar-refractivity contribution in [1.82, 2.24) is 4.90 Å². The van der Waals surface area contributed by atoms with Crippen molar-refractivity contribution in [2.24, 2.45) is 11.7 Å². The van der Waals surface area contributed by atoms with E-state index in [1.54, 1.807) is 6.92 Å². The Hall–Kier alpha value is -1.88. The van der Waals surface area contributed by atoms with E-state index in [0.29, 0.717) is 32.5 Å². The standard InChI is InChI=1S/C15H20N2O3/c1-11-8-14(18)17(15(11)19)6-3-7-20-13-5-2-4-12(9-13)10-16/h2,4-5,9,11H,3,6-8,10,16H2,1H3. The Labute approximate surface area is 118 Å². The number of hydrogen-bond donors (Lipinski definition) is 1. The van der Waals surface area contributed by atoms with Gasteiger partial charge in [-0.25, -0.2) is 0 Å². The van der Waals surface area contributed by atoms with Gasteiger partial charge in [-0.05, 0) is 24.1 Å². The Morgan fingerprint density at radius 3 is 2.85 bits per heavy atom. The first-order chi connectivity index (χ1) is 9.61. The molecule has 2 rings (SSSR count). The van der Waals surface area contributed by atoms with Crippen LogP contribution in [0.25, 0.3) is 0 Å². The Kier molecular flexibility index (Phi) is 4.74. The SMILES string of the molecule is CC1CC(=O)N(CCCOc2cccc(CN)c2)C1=O. The van der Waals surface area contributed by atoms with Crippen molar-refractivity contribution < 1.29 is 14.3 Å². The van der Waals surface area contributed by atoms with E-state index in [0.717, 1.165) is 11.3 Å². The minimum absolute atomic E-state index is 0.0693. The molecule has 20 heavy (non-hydrogen) atoms. The molecule has 1 fully saturated rings. The molecular weight excluding hydrogens is 256 g/mol. The zero-order valence-corrected chi connectivity index (χ0v) is 11.7. The number of likely N-dealkylation sites (tertiary alicyclic amines) is 1. The van der Waals surface area contributed by atoms with Gasteiger partial charge in [0.05, 0.1) is 6.61 Å². The minimum atomic E-state index is -0.176. The number of benzene rings is 1. The maximum Gasteiger partial charge on any atom is 0.232 e. The van der Waals surface area contributed by atoms with E-state index in [1.165, 1.54) is 4.90 Å². The van der Waals surface area contributed by atoms with Gasteiger partial charge in [-0.1, -0.05) is 19.1 Å². The molecule has 0 saturated carbocycles. The summed E-state index contributed by atoms with van der Waals surface area (Å²) in [6, 6.07) is 7.60. The molecule has 2 amide bonds. The predicted molar refractivity (Wildman–Crippen MR) is 74.9 cm³/mol. The average Bonchev–Trinajstić information content (AvgIpc) is 2.69. The maximum atomic E-state index is 11.7. The third-order valence-corrected chi connectivity index (χ3v) is 3.40. The average molecular weight is 276 g/mol. The number of nitrogens with zero attached hydrogens (tertiary/aromatic N) is 1. The fraction of sp³-hybridized carbons (Fsp3) is 0.467. The fourth-order valence-corrected chi connectivity index (χ4v) is 2.26. The smallest absolute Gasteiger partial charge is 0.232 e. The number of rotatable bonds is 6. The van der Waals surface area contributed by atoms with Gasteiger partial charge in [-0.2, -0.15) is 0 Å². The summed E-state index contributed by atoms with van der Waals surface area (Å²) in [6.45, 7) is 3.17. The summed E-state index contributed by atoms with van der Waals surface area (Å²) in [5.41, 5.74) is 6.58. The predicted octanol–water partition coefficient (Wildman–Crippen LogP) is 1.31. The number of ether oxygens (including phenoxy) is 1. The van der Waals surface area contributed by atoms with Crippen LogP contribution in [0, 0.1) is 5.92 Å². The van der Waals surface area contributed by atoms with E-state index < -0.39 is 0 Å². The Balaban J connectivity index is 1.76. The van der Waals surface area contributed by atoms with Crippen LogP contribution in [0.2, 0.25) is 0 Å². The first-order valence-electron chi connectivity index (χ1n) is 6.88. The summed E-state index contributed by atoms with van der Waals surface area (Å²) in [5.74, 6) is 0.442. The molecular formula is C15H20N2O3. The van der Waals surface area contributed by atoms with Crippen LogP contribution in [0.4, 0.5) is 0 Å². The molecule has 1 atom stereocenters. The highest BCUT2D eigenvalue weighted by Crippen LogP contribution is 2.19. The van der Waals surface area contributed by atoms with Gasteiger partial charge in [0.1, 0.15) is 5.75 Å². The molecule has 1 aromatic carbocycles. The summed E-state index contributed by atoms with van der Waals surface area (Å²) in [4.78, 5) is 24.6. The van der Waals surface area contributed by atoms with E-state index in [4.69, 9.17) is 10.5 Å². The molecule has 1 aromatic rings. The van der Waals surface area contributed by atoms with Crippen LogP contribution in [0.15, 0.2) is 24.3 Å². The summed E-state index contributed by atoms with van der Waals surface area (Å²) >= 11 is 0. The monoisotopic (exact) mass is 276 g/mol. The molecule has 1 aliphatic rings. The molecule has 0 spiro atoms. The van der Waals surface area contributed by atoms with Crippen molar-refractivity contribution in [3.8, 4) is 5.75 Å². The van der Waals surface area contributed by atoms with Gasteiger partial charge in [0.15, 0.2) is 0 Å².